The van der Waals surface area contributed by atoms with E-state index >= 15 is 0 Å². The van der Waals surface area contributed by atoms with Crippen LogP contribution >= 0.6 is 23.2 Å². The summed E-state index contributed by atoms with van der Waals surface area (Å²) >= 11 is 11.9. The monoisotopic (exact) mass is 496 g/mol. The Morgan fingerprint density at radius 2 is 1.50 bits per heavy atom. The highest BCUT2D eigenvalue weighted by atomic mass is 35.5. The van der Waals surface area contributed by atoms with E-state index in [1.165, 1.54) is 24.3 Å². The molecular formula is C25H18Cl2N2O5. The van der Waals surface area contributed by atoms with Gasteiger partial charge in [-0.3, -0.25) is 19.3 Å². The maximum atomic E-state index is 13.1. The van der Waals surface area contributed by atoms with Crippen LogP contribution in [0.1, 0.15) is 26.3 Å². The SMILES string of the molecule is O=C(COC(=O)[C@H](Cc1ccccc1)N1C(=O)c2ccccc2C1=O)Nc1ccc(Cl)cc1Cl. The number of ether oxygens (including phenoxy) is 1. The van der Waals surface area contributed by atoms with Crippen LogP contribution < -0.4 is 5.32 Å². The van der Waals surface area contributed by atoms with Gasteiger partial charge in [0.05, 0.1) is 21.8 Å². The van der Waals surface area contributed by atoms with Crippen LogP contribution in [0.2, 0.25) is 10.0 Å². The summed E-state index contributed by atoms with van der Waals surface area (Å²) in [6.45, 7) is -0.633. The number of fused-ring (bicyclic) bond motifs is 1. The summed E-state index contributed by atoms with van der Waals surface area (Å²) in [5.74, 6) is -2.69. The van der Waals surface area contributed by atoms with E-state index < -0.39 is 36.3 Å². The number of halogens is 2. The first-order valence-corrected chi connectivity index (χ1v) is 11.0. The van der Waals surface area contributed by atoms with E-state index in [-0.39, 0.29) is 22.6 Å². The van der Waals surface area contributed by atoms with Gasteiger partial charge in [0, 0.05) is 11.4 Å². The molecule has 9 heteroatoms. The van der Waals surface area contributed by atoms with Gasteiger partial charge in [0.2, 0.25) is 0 Å². The average molecular weight is 497 g/mol. The number of imide groups is 1. The number of amides is 3. The highest BCUT2D eigenvalue weighted by molar-refractivity contribution is 6.36. The average Bonchev–Trinajstić information content (AvgIpc) is 3.08. The Labute approximate surface area is 205 Å². The van der Waals surface area contributed by atoms with Crippen LogP contribution in [0.4, 0.5) is 5.69 Å². The number of hydrogen-bond donors (Lipinski definition) is 1. The molecule has 3 aromatic carbocycles. The minimum Gasteiger partial charge on any atom is -0.454 e. The minimum absolute atomic E-state index is 0.0375. The van der Waals surface area contributed by atoms with Gasteiger partial charge in [-0.15, -0.1) is 0 Å². The van der Waals surface area contributed by atoms with Gasteiger partial charge in [-0.1, -0.05) is 65.7 Å². The third-order valence-electron chi connectivity index (χ3n) is 5.23. The minimum atomic E-state index is -1.25. The Morgan fingerprint density at radius 3 is 2.12 bits per heavy atom. The van der Waals surface area contributed by atoms with Gasteiger partial charge >= 0.3 is 5.97 Å². The molecule has 172 valence electrons. The lowest BCUT2D eigenvalue weighted by Crippen LogP contribution is -2.47. The number of benzene rings is 3. The summed E-state index contributed by atoms with van der Waals surface area (Å²) in [4.78, 5) is 52.2. The molecule has 1 aliphatic heterocycles. The molecule has 0 aliphatic carbocycles. The van der Waals surface area contributed by atoms with Crippen molar-refractivity contribution >= 4 is 52.6 Å². The molecule has 0 saturated heterocycles. The number of carbonyl (C=O) groups excluding carboxylic acids is 4. The lowest BCUT2D eigenvalue weighted by molar-refractivity contribution is -0.151. The van der Waals surface area contributed by atoms with Gasteiger partial charge in [-0.25, -0.2) is 4.79 Å². The van der Waals surface area contributed by atoms with Crippen molar-refractivity contribution in [2.24, 2.45) is 0 Å². The fourth-order valence-electron chi connectivity index (χ4n) is 3.62. The zero-order valence-corrected chi connectivity index (χ0v) is 19.2. The van der Waals surface area contributed by atoms with Gasteiger partial charge < -0.3 is 10.1 Å². The zero-order valence-electron chi connectivity index (χ0n) is 17.7. The normalized spacial score (nSPS) is 13.4. The Balaban J connectivity index is 1.51. The van der Waals surface area contributed by atoms with Crippen molar-refractivity contribution in [3.63, 3.8) is 0 Å². The number of nitrogens with zero attached hydrogens (tertiary/aromatic N) is 1. The van der Waals surface area contributed by atoms with E-state index in [4.69, 9.17) is 27.9 Å². The van der Waals surface area contributed by atoms with Gasteiger partial charge in [0.25, 0.3) is 17.7 Å². The van der Waals surface area contributed by atoms with Crippen LogP contribution in [0.25, 0.3) is 0 Å². The first kappa shape index (κ1) is 23.5. The molecule has 0 fully saturated rings. The molecule has 7 nitrogen and oxygen atoms in total. The standard InChI is InChI=1S/C25H18Cl2N2O5/c26-16-10-11-20(19(27)13-16)28-22(30)14-34-25(33)21(12-15-6-2-1-3-7-15)29-23(31)17-8-4-5-9-18(17)24(29)32/h1-11,13,21H,12,14H2,(H,28,30)/t21-/m0/s1. The topological polar surface area (TPSA) is 92.8 Å². The molecule has 1 N–H and O–H groups in total. The van der Waals surface area contributed by atoms with Gasteiger partial charge in [-0.2, -0.15) is 0 Å². The third-order valence-corrected chi connectivity index (χ3v) is 5.78. The summed E-state index contributed by atoms with van der Waals surface area (Å²) in [6, 6.07) is 18.5. The predicted molar refractivity (Wildman–Crippen MR) is 127 cm³/mol. The summed E-state index contributed by atoms with van der Waals surface area (Å²) < 4.78 is 5.22. The van der Waals surface area contributed by atoms with E-state index in [0.717, 1.165) is 10.5 Å². The molecule has 3 amide bonds. The highest BCUT2D eigenvalue weighted by Gasteiger charge is 2.43. The van der Waals surface area contributed by atoms with Crippen LogP contribution in [-0.4, -0.2) is 41.2 Å². The Hall–Kier alpha value is -3.68. The molecule has 4 rings (SSSR count). The molecule has 0 bridgehead atoms. The largest absolute Gasteiger partial charge is 0.454 e. The highest BCUT2D eigenvalue weighted by Crippen LogP contribution is 2.27. The van der Waals surface area contributed by atoms with Gasteiger partial charge in [0.1, 0.15) is 6.04 Å². The number of nitrogens with one attached hydrogen (secondary N) is 1. The van der Waals surface area contributed by atoms with E-state index in [2.05, 4.69) is 5.32 Å². The maximum absolute atomic E-state index is 13.1. The molecular weight excluding hydrogens is 479 g/mol. The second kappa shape index (κ2) is 10.1. The second-order valence-electron chi connectivity index (χ2n) is 7.51. The summed E-state index contributed by atoms with van der Waals surface area (Å²) in [5.41, 5.74) is 1.45. The maximum Gasteiger partial charge on any atom is 0.330 e. The molecule has 0 saturated carbocycles. The third kappa shape index (κ3) is 4.95. The quantitative estimate of drug-likeness (QED) is 0.386. The van der Waals surface area contributed by atoms with Gasteiger partial charge in [-0.05, 0) is 35.9 Å². The van der Waals surface area contributed by atoms with Crippen LogP contribution in [0.3, 0.4) is 0 Å². The number of carbonyl (C=O) groups is 4. The van der Waals surface area contributed by atoms with E-state index in [0.29, 0.717) is 10.7 Å². The lowest BCUT2D eigenvalue weighted by Gasteiger charge is -2.24. The van der Waals surface area contributed by atoms with Crippen LogP contribution in [0.15, 0.2) is 72.8 Å². The molecule has 0 spiro atoms. The second-order valence-corrected chi connectivity index (χ2v) is 8.36. The predicted octanol–water partition coefficient (Wildman–Crippen LogP) is 4.38. The number of anilines is 1. The van der Waals surface area contributed by atoms with E-state index in [1.54, 1.807) is 42.5 Å². The molecule has 1 heterocycles. The van der Waals surface area contributed by atoms with Crippen molar-refractivity contribution in [2.45, 2.75) is 12.5 Å². The molecule has 1 atom stereocenters. The fourth-order valence-corrected chi connectivity index (χ4v) is 4.07. The first-order chi connectivity index (χ1) is 16.3. The zero-order chi connectivity index (χ0) is 24.2. The molecule has 0 aromatic heterocycles. The molecule has 0 unspecified atom stereocenters. The van der Waals surface area contributed by atoms with Crippen LogP contribution in [0.5, 0.6) is 0 Å². The van der Waals surface area contributed by atoms with Crippen molar-refractivity contribution in [1.29, 1.82) is 0 Å². The van der Waals surface area contributed by atoms with Crippen molar-refractivity contribution in [2.75, 3.05) is 11.9 Å². The van der Waals surface area contributed by atoms with E-state index in [1.807, 2.05) is 6.07 Å². The van der Waals surface area contributed by atoms with Crippen LogP contribution in [0, 0.1) is 0 Å². The summed E-state index contributed by atoms with van der Waals surface area (Å²) in [5, 5.41) is 3.15. The first-order valence-electron chi connectivity index (χ1n) is 10.3. The molecule has 1 aliphatic rings. The van der Waals surface area contributed by atoms with E-state index in [9.17, 15) is 19.2 Å². The smallest absolute Gasteiger partial charge is 0.330 e. The Kier molecular flexibility index (Phi) is 6.95. The van der Waals surface area contributed by atoms with Crippen molar-refractivity contribution < 1.29 is 23.9 Å². The summed E-state index contributed by atoms with van der Waals surface area (Å²) in [6.07, 6.45) is 0.0375. The van der Waals surface area contributed by atoms with Crippen molar-refractivity contribution in [3.05, 3.63) is 99.5 Å². The Morgan fingerprint density at radius 1 is 0.882 bits per heavy atom. The Bertz CT molecular complexity index is 1240. The fraction of sp³-hybridized carbons (Fsp3) is 0.120. The lowest BCUT2D eigenvalue weighted by atomic mass is 10.0. The van der Waals surface area contributed by atoms with Crippen molar-refractivity contribution in [1.82, 2.24) is 4.90 Å². The summed E-state index contributed by atoms with van der Waals surface area (Å²) in [7, 11) is 0. The number of rotatable bonds is 7. The number of esters is 1. The number of hydrogen-bond acceptors (Lipinski definition) is 5. The van der Waals surface area contributed by atoms with Crippen molar-refractivity contribution in [3.8, 4) is 0 Å². The van der Waals surface area contributed by atoms with Gasteiger partial charge in [0.15, 0.2) is 6.61 Å². The van der Waals surface area contributed by atoms with Crippen LogP contribution in [-0.2, 0) is 20.7 Å². The molecule has 3 aromatic rings. The molecule has 0 radical (unpaired) electrons. The molecule has 34 heavy (non-hydrogen) atoms.